The molecule has 0 bridgehead atoms. The van der Waals surface area contributed by atoms with Gasteiger partial charge in [-0.1, -0.05) is 45.0 Å². The van der Waals surface area contributed by atoms with E-state index < -0.39 is 66.2 Å². The minimum atomic E-state index is -4.58. The molecule has 15 heteroatoms. The molecule has 45 heavy (non-hydrogen) atoms. The molecular weight excluding hydrogens is 647 g/mol. The van der Waals surface area contributed by atoms with Crippen molar-refractivity contribution >= 4 is 40.9 Å². The largest absolute Gasteiger partial charge is 0.464 e. The van der Waals surface area contributed by atoms with Gasteiger partial charge in [0, 0.05) is 4.70 Å². The molecule has 0 spiro atoms. The van der Waals surface area contributed by atoms with E-state index in [1.807, 2.05) is 20.8 Å². The molecule has 0 fully saturated rings. The van der Waals surface area contributed by atoms with Gasteiger partial charge in [0.2, 0.25) is 40.7 Å². The lowest BCUT2D eigenvalue weighted by Crippen LogP contribution is -2.36. The average molecular weight is 674 g/mol. The Morgan fingerprint density at radius 2 is 1.51 bits per heavy atom. The summed E-state index contributed by atoms with van der Waals surface area (Å²) in [6.45, 7) is 6.89. The van der Waals surface area contributed by atoms with E-state index in [1.54, 1.807) is 18.2 Å². The quantitative estimate of drug-likeness (QED) is 0.0450. The van der Waals surface area contributed by atoms with Crippen LogP contribution in [0.4, 0.5) is 26.3 Å². The second kappa shape index (κ2) is 13.2. The first-order valence-corrected chi connectivity index (χ1v) is 15.7. The lowest BCUT2D eigenvalue weighted by molar-refractivity contribution is -0.148. The number of para-hydroxylation sites is 1. The number of esters is 2. The van der Waals surface area contributed by atoms with Crippen LogP contribution in [0.3, 0.4) is 0 Å². The van der Waals surface area contributed by atoms with Gasteiger partial charge < -0.3 is 14.0 Å². The van der Waals surface area contributed by atoms with Crippen LogP contribution in [0, 0.1) is 34.5 Å². The van der Waals surface area contributed by atoms with Gasteiger partial charge in [-0.25, -0.2) is 27.4 Å². The van der Waals surface area contributed by atoms with Crippen molar-refractivity contribution in [2.45, 2.75) is 39.6 Å². The number of fused-ring (bicyclic) bond motifs is 1. The SMILES string of the molecule is C[C@H](N[P@@](=O)(Oc1ccccc1)[C@@H](F)c1ccc2sc(C(=O)Oc3c(F)c(F)c(F)c(F)c3F)cc2c1)C(=O)OCC(C)(C)C. The van der Waals surface area contributed by atoms with Crippen LogP contribution in [0.15, 0.2) is 54.6 Å². The third kappa shape index (κ3) is 7.69. The maximum absolute atomic E-state index is 16.2. The number of hydrogen-bond acceptors (Lipinski definition) is 7. The Balaban J connectivity index is 1.62. The average Bonchev–Trinajstić information content (AvgIpc) is 3.43. The Morgan fingerprint density at radius 1 is 0.911 bits per heavy atom. The molecule has 1 aromatic heterocycles. The molecule has 3 atom stereocenters. The van der Waals surface area contributed by atoms with E-state index >= 15 is 4.39 Å². The van der Waals surface area contributed by atoms with Gasteiger partial charge >= 0.3 is 19.5 Å². The summed E-state index contributed by atoms with van der Waals surface area (Å²) in [5, 5.41) is 2.64. The van der Waals surface area contributed by atoms with Crippen molar-refractivity contribution in [1.82, 2.24) is 5.09 Å². The second-order valence-electron chi connectivity index (χ2n) is 11.1. The molecule has 0 saturated heterocycles. The first kappa shape index (κ1) is 34.0. The molecule has 0 aliphatic heterocycles. The third-order valence-electron chi connectivity index (χ3n) is 6.04. The molecule has 0 aliphatic carbocycles. The number of carbonyl (C=O) groups excluding carboxylic acids is 2. The number of hydrogen-bond donors (Lipinski definition) is 1. The highest BCUT2D eigenvalue weighted by molar-refractivity contribution is 7.57. The van der Waals surface area contributed by atoms with Crippen molar-refractivity contribution in [3.63, 3.8) is 0 Å². The van der Waals surface area contributed by atoms with Crippen LogP contribution in [0.2, 0.25) is 0 Å². The van der Waals surface area contributed by atoms with Gasteiger partial charge in [-0.05, 0) is 53.6 Å². The van der Waals surface area contributed by atoms with E-state index in [0.717, 1.165) is 17.4 Å². The van der Waals surface area contributed by atoms with Crippen molar-refractivity contribution in [2.24, 2.45) is 5.41 Å². The molecule has 1 heterocycles. The Bertz CT molecular complexity index is 1770. The predicted octanol–water partition coefficient (Wildman–Crippen LogP) is 8.62. The summed E-state index contributed by atoms with van der Waals surface area (Å²) in [6.07, 6.45) is 0. The summed E-state index contributed by atoms with van der Waals surface area (Å²) in [4.78, 5) is 24.9. The van der Waals surface area contributed by atoms with Crippen LogP contribution in [0.1, 0.15) is 48.8 Å². The van der Waals surface area contributed by atoms with Crippen LogP contribution < -0.4 is 14.3 Å². The van der Waals surface area contributed by atoms with Crippen molar-refractivity contribution in [2.75, 3.05) is 6.61 Å². The highest BCUT2D eigenvalue weighted by Gasteiger charge is 2.41. The first-order valence-electron chi connectivity index (χ1n) is 13.2. The van der Waals surface area contributed by atoms with Crippen molar-refractivity contribution in [1.29, 1.82) is 0 Å². The minimum Gasteiger partial charge on any atom is -0.464 e. The minimum absolute atomic E-state index is 0.0426. The van der Waals surface area contributed by atoms with Gasteiger partial charge in [0.1, 0.15) is 16.7 Å². The molecule has 240 valence electrons. The number of alkyl halides is 1. The van der Waals surface area contributed by atoms with E-state index in [2.05, 4.69) is 9.82 Å². The zero-order valence-corrected chi connectivity index (χ0v) is 25.8. The summed E-state index contributed by atoms with van der Waals surface area (Å²) in [6, 6.07) is 11.4. The van der Waals surface area contributed by atoms with Crippen LogP contribution in [-0.2, 0) is 14.1 Å². The number of rotatable bonds is 10. The fraction of sp³-hybridized carbons (Fsp3) is 0.267. The number of nitrogens with one attached hydrogen (secondary N) is 1. The van der Waals surface area contributed by atoms with Gasteiger partial charge in [0.15, 0.2) is 0 Å². The summed E-state index contributed by atoms with van der Waals surface area (Å²) < 4.78 is 114. The topological polar surface area (TPSA) is 90.9 Å². The third-order valence-corrected chi connectivity index (χ3v) is 9.26. The normalized spacial score (nSPS) is 14.4. The number of thiophene rings is 1. The summed E-state index contributed by atoms with van der Waals surface area (Å²) in [5.74, 6) is -18.0. The molecular formula is C30H26F6NO6PS. The zero-order chi connectivity index (χ0) is 33.3. The summed E-state index contributed by atoms with van der Waals surface area (Å²) in [5.41, 5.74) is -0.556. The molecule has 0 aliphatic rings. The number of halogens is 6. The van der Waals surface area contributed by atoms with Crippen LogP contribution >= 0.6 is 18.9 Å². The van der Waals surface area contributed by atoms with Crippen LogP contribution in [0.5, 0.6) is 11.5 Å². The molecule has 0 amide bonds. The van der Waals surface area contributed by atoms with Crippen molar-refractivity contribution < 1.29 is 54.5 Å². The van der Waals surface area contributed by atoms with Crippen molar-refractivity contribution in [3.05, 3.63) is 94.1 Å². The standard InChI is InChI=1S/C30H26F6NO6PS/c1-15(28(38)41-14-30(2,3)4)37-44(40,43-18-8-6-5-7-9-18)27(36)16-10-11-19-17(12-16)13-20(45-19)29(39)42-26-24(34)22(32)21(31)23(33)25(26)35/h5-13,15,27H,14H2,1-4H3,(H,37,40)/t15-,27+,44-/m0/s1. The Labute approximate surface area is 257 Å². The van der Waals surface area contributed by atoms with Gasteiger partial charge in [0.25, 0.3) is 0 Å². The molecule has 0 radical (unpaired) electrons. The molecule has 4 rings (SSSR count). The number of ether oxygens (including phenoxy) is 2. The van der Waals surface area contributed by atoms with Crippen molar-refractivity contribution in [3.8, 4) is 11.5 Å². The first-order chi connectivity index (χ1) is 21.0. The predicted molar refractivity (Wildman–Crippen MR) is 155 cm³/mol. The molecule has 0 saturated carbocycles. The Morgan fingerprint density at radius 3 is 2.11 bits per heavy atom. The molecule has 3 aromatic carbocycles. The van der Waals surface area contributed by atoms with Gasteiger partial charge in [-0.15, -0.1) is 11.3 Å². The monoisotopic (exact) mass is 673 g/mol. The summed E-state index contributed by atoms with van der Waals surface area (Å²) >= 11 is 0.720. The zero-order valence-electron chi connectivity index (χ0n) is 24.1. The summed E-state index contributed by atoms with van der Waals surface area (Å²) in [7, 11) is -4.58. The molecule has 0 unspecified atom stereocenters. The lowest BCUT2D eigenvalue weighted by Gasteiger charge is -2.27. The van der Waals surface area contributed by atoms with Gasteiger partial charge in [0.05, 0.1) is 6.61 Å². The maximum Gasteiger partial charge on any atom is 0.355 e. The van der Waals surface area contributed by atoms with Gasteiger partial charge in [-0.3, -0.25) is 9.36 Å². The smallest absolute Gasteiger partial charge is 0.355 e. The highest BCUT2D eigenvalue weighted by atomic mass is 32.1. The molecule has 1 N–H and O–H groups in total. The second-order valence-corrected chi connectivity index (χ2v) is 14.2. The van der Waals surface area contributed by atoms with Crippen LogP contribution in [-0.4, -0.2) is 24.6 Å². The van der Waals surface area contributed by atoms with E-state index in [4.69, 9.17) is 9.26 Å². The number of benzene rings is 3. The van der Waals surface area contributed by atoms with Gasteiger partial charge in [-0.2, -0.15) is 8.78 Å². The molecule has 7 nitrogen and oxygen atoms in total. The van der Waals surface area contributed by atoms with E-state index in [1.165, 1.54) is 37.3 Å². The van der Waals surface area contributed by atoms with E-state index in [0.29, 0.717) is 4.70 Å². The van der Waals surface area contributed by atoms with E-state index in [9.17, 15) is 36.1 Å². The Kier molecular flexibility index (Phi) is 10.0. The van der Waals surface area contributed by atoms with E-state index in [-0.39, 0.29) is 33.6 Å². The lowest BCUT2D eigenvalue weighted by atomic mass is 9.99. The highest BCUT2D eigenvalue weighted by Crippen LogP contribution is 2.58. The number of carbonyl (C=O) groups is 2. The fourth-order valence-corrected chi connectivity index (χ4v) is 6.66. The Hall–Kier alpha value is -3.87. The maximum atomic E-state index is 16.2. The fourth-order valence-electron chi connectivity index (χ4n) is 3.84. The van der Waals surface area contributed by atoms with Crippen LogP contribution in [0.25, 0.3) is 10.1 Å². The molecule has 4 aromatic rings.